The van der Waals surface area contributed by atoms with Crippen LogP contribution in [0.2, 0.25) is 5.02 Å². The molecular formula is C15H17ClO2. The summed E-state index contributed by atoms with van der Waals surface area (Å²) in [7, 11) is 0. The van der Waals surface area contributed by atoms with Crippen molar-refractivity contribution in [3.05, 3.63) is 22.7 Å². The highest BCUT2D eigenvalue weighted by Gasteiger charge is 2.17. The van der Waals surface area contributed by atoms with Crippen molar-refractivity contribution in [3.63, 3.8) is 0 Å². The number of benzene rings is 1. The molecule has 0 fully saturated rings. The Balaban J connectivity index is 2.22. The van der Waals surface area contributed by atoms with Gasteiger partial charge in [0, 0.05) is 23.9 Å². The van der Waals surface area contributed by atoms with E-state index >= 15 is 0 Å². The van der Waals surface area contributed by atoms with Crippen molar-refractivity contribution in [1.82, 2.24) is 0 Å². The quantitative estimate of drug-likeness (QED) is 0.751. The van der Waals surface area contributed by atoms with Crippen molar-refractivity contribution in [2.24, 2.45) is 0 Å². The predicted octanol–water partition coefficient (Wildman–Crippen LogP) is 4.02. The first-order chi connectivity index (χ1) is 8.72. The van der Waals surface area contributed by atoms with Crippen LogP contribution in [0.25, 0.3) is 0 Å². The lowest BCUT2D eigenvalue weighted by atomic mass is 9.97. The molecule has 0 saturated heterocycles. The molecule has 1 unspecified atom stereocenters. The van der Waals surface area contributed by atoms with E-state index in [2.05, 4.69) is 25.7 Å². The minimum absolute atomic E-state index is 0.298. The van der Waals surface area contributed by atoms with Gasteiger partial charge in [-0.1, -0.05) is 25.4 Å². The summed E-state index contributed by atoms with van der Waals surface area (Å²) in [4.78, 5) is 0. The van der Waals surface area contributed by atoms with E-state index in [4.69, 9.17) is 21.1 Å². The Hall–Kier alpha value is -1.33. The van der Waals surface area contributed by atoms with Gasteiger partial charge in [0.25, 0.3) is 0 Å². The van der Waals surface area contributed by atoms with Crippen molar-refractivity contribution >= 4 is 11.6 Å². The van der Waals surface area contributed by atoms with Gasteiger partial charge in [-0.05, 0) is 17.5 Å². The van der Waals surface area contributed by atoms with Crippen molar-refractivity contribution in [1.29, 1.82) is 0 Å². The molecule has 1 aromatic carbocycles. The molecule has 1 atom stereocenters. The van der Waals surface area contributed by atoms with Crippen LogP contribution in [0.5, 0.6) is 11.5 Å². The Morgan fingerprint density at radius 3 is 2.56 bits per heavy atom. The third-order valence-corrected chi connectivity index (χ3v) is 3.23. The summed E-state index contributed by atoms with van der Waals surface area (Å²) in [6.45, 7) is 5.36. The molecule has 0 aliphatic carbocycles. The SMILES string of the molecule is CCC#CCC(C)c1cc2c(cc1Cl)OCCO2. The molecule has 1 aromatic rings. The maximum Gasteiger partial charge on any atom is 0.162 e. The largest absolute Gasteiger partial charge is 0.486 e. The van der Waals surface area contributed by atoms with E-state index in [0.29, 0.717) is 19.1 Å². The molecule has 0 aromatic heterocycles. The number of hydrogen-bond acceptors (Lipinski definition) is 2. The molecule has 96 valence electrons. The van der Waals surface area contributed by atoms with Crippen LogP contribution in [0.4, 0.5) is 0 Å². The van der Waals surface area contributed by atoms with Crippen molar-refractivity contribution in [2.75, 3.05) is 13.2 Å². The first-order valence-corrected chi connectivity index (χ1v) is 6.65. The number of hydrogen-bond donors (Lipinski definition) is 0. The Morgan fingerprint density at radius 2 is 1.89 bits per heavy atom. The average Bonchev–Trinajstić information content (AvgIpc) is 2.38. The van der Waals surface area contributed by atoms with E-state index in [0.717, 1.165) is 34.9 Å². The lowest BCUT2D eigenvalue weighted by Crippen LogP contribution is -2.15. The fourth-order valence-electron chi connectivity index (χ4n) is 1.92. The van der Waals surface area contributed by atoms with Crippen LogP contribution in [0.3, 0.4) is 0 Å². The summed E-state index contributed by atoms with van der Waals surface area (Å²) in [6, 6.07) is 3.82. The van der Waals surface area contributed by atoms with Crippen LogP contribution in [0, 0.1) is 11.8 Å². The van der Waals surface area contributed by atoms with Gasteiger partial charge in [-0.25, -0.2) is 0 Å². The third kappa shape index (κ3) is 2.91. The van der Waals surface area contributed by atoms with Crippen LogP contribution in [0.15, 0.2) is 12.1 Å². The molecule has 0 spiro atoms. The number of ether oxygens (including phenoxy) is 2. The molecule has 1 heterocycles. The summed E-state index contributed by atoms with van der Waals surface area (Å²) >= 11 is 6.29. The van der Waals surface area contributed by atoms with Gasteiger partial charge >= 0.3 is 0 Å². The monoisotopic (exact) mass is 264 g/mol. The molecule has 1 aliphatic rings. The summed E-state index contributed by atoms with van der Waals surface area (Å²) < 4.78 is 11.1. The second-order valence-corrected chi connectivity index (χ2v) is 4.74. The smallest absolute Gasteiger partial charge is 0.162 e. The van der Waals surface area contributed by atoms with E-state index in [9.17, 15) is 0 Å². The lowest BCUT2D eigenvalue weighted by molar-refractivity contribution is 0.171. The predicted molar refractivity (Wildman–Crippen MR) is 73.5 cm³/mol. The fourth-order valence-corrected chi connectivity index (χ4v) is 2.26. The molecule has 2 rings (SSSR count). The molecule has 0 saturated carbocycles. The molecule has 3 heteroatoms. The van der Waals surface area contributed by atoms with Gasteiger partial charge in [-0.15, -0.1) is 11.8 Å². The van der Waals surface area contributed by atoms with Crippen LogP contribution < -0.4 is 9.47 Å². The Labute approximate surface area is 113 Å². The fraction of sp³-hybridized carbons (Fsp3) is 0.467. The third-order valence-electron chi connectivity index (χ3n) is 2.90. The van der Waals surface area contributed by atoms with E-state index in [1.54, 1.807) is 0 Å². The second-order valence-electron chi connectivity index (χ2n) is 4.33. The van der Waals surface area contributed by atoms with Crippen LogP contribution in [-0.4, -0.2) is 13.2 Å². The zero-order valence-electron chi connectivity index (χ0n) is 10.8. The van der Waals surface area contributed by atoms with Gasteiger partial charge < -0.3 is 9.47 Å². The molecule has 0 N–H and O–H groups in total. The van der Waals surface area contributed by atoms with E-state index in [1.807, 2.05) is 12.1 Å². The minimum Gasteiger partial charge on any atom is -0.486 e. The minimum atomic E-state index is 0.298. The van der Waals surface area contributed by atoms with Gasteiger partial charge in [0.05, 0.1) is 0 Å². The standard InChI is InChI=1S/C15H17ClO2/c1-3-4-5-6-11(2)12-9-14-15(10-13(12)16)18-8-7-17-14/h9-11H,3,6-8H2,1-2H3. The van der Waals surface area contributed by atoms with Crippen LogP contribution in [0.1, 0.15) is 38.2 Å². The Kier molecular flexibility index (Phi) is 4.38. The normalized spacial score (nSPS) is 14.6. The highest BCUT2D eigenvalue weighted by atomic mass is 35.5. The number of rotatable bonds is 2. The summed E-state index contributed by atoms with van der Waals surface area (Å²) in [5.41, 5.74) is 1.08. The summed E-state index contributed by atoms with van der Waals surface area (Å²) in [6.07, 6.45) is 1.70. The second kappa shape index (κ2) is 6.02. The molecule has 1 aliphatic heterocycles. The summed E-state index contributed by atoms with van der Waals surface area (Å²) in [5, 5.41) is 0.727. The maximum atomic E-state index is 6.29. The van der Waals surface area contributed by atoms with E-state index in [-0.39, 0.29) is 0 Å². The Morgan fingerprint density at radius 1 is 1.22 bits per heavy atom. The highest BCUT2D eigenvalue weighted by molar-refractivity contribution is 6.31. The highest BCUT2D eigenvalue weighted by Crippen LogP contribution is 2.38. The Bertz CT molecular complexity index is 485. The first-order valence-electron chi connectivity index (χ1n) is 6.27. The van der Waals surface area contributed by atoms with Crippen LogP contribution >= 0.6 is 11.6 Å². The molecule has 2 nitrogen and oxygen atoms in total. The van der Waals surface area contributed by atoms with Crippen molar-refractivity contribution < 1.29 is 9.47 Å². The van der Waals surface area contributed by atoms with E-state index < -0.39 is 0 Å². The molecule has 0 radical (unpaired) electrons. The van der Waals surface area contributed by atoms with Crippen molar-refractivity contribution in [3.8, 4) is 23.3 Å². The topological polar surface area (TPSA) is 18.5 Å². The van der Waals surface area contributed by atoms with E-state index in [1.165, 1.54) is 0 Å². The van der Waals surface area contributed by atoms with Gasteiger partial charge in [-0.3, -0.25) is 0 Å². The van der Waals surface area contributed by atoms with Gasteiger partial charge in [0.1, 0.15) is 13.2 Å². The lowest BCUT2D eigenvalue weighted by Gasteiger charge is -2.21. The van der Waals surface area contributed by atoms with Gasteiger partial charge in [0.15, 0.2) is 11.5 Å². The molecule has 0 amide bonds. The molecule has 0 bridgehead atoms. The summed E-state index contributed by atoms with van der Waals surface area (Å²) in [5.74, 6) is 8.07. The maximum absolute atomic E-state index is 6.29. The first kappa shape index (κ1) is 13.1. The zero-order valence-corrected chi connectivity index (χ0v) is 11.5. The zero-order chi connectivity index (χ0) is 13.0. The average molecular weight is 265 g/mol. The molecule has 18 heavy (non-hydrogen) atoms. The number of fused-ring (bicyclic) bond motifs is 1. The van der Waals surface area contributed by atoms with Gasteiger partial charge in [0.2, 0.25) is 0 Å². The van der Waals surface area contributed by atoms with Gasteiger partial charge in [-0.2, -0.15) is 0 Å². The molecular weight excluding hydrogens is 248 g/mol. The van der Waals surface area contributed by atoms with Crippen LogP contribution in [-0.2, 0) is 0 Å². The van der Waals surface area contributed by atoms with Crippen molar-refractivity contribution in [2.45, 2.75) is 32.6 Å². The number of halogens is 1.